The van der Waals surface area contributed by atoms with E-state index in [0.717, 1.165) is 49.7 Å². The van der Waals surface area contributed by atoms with E-state index in [0.29, 0.717) is 0 Å². The largest absolute Gasteiger partial charge is 0.354 e. The zero-order chi connectivity index (χ0) is 15.5. The van der Waals surface area contributed by atoms with Gasteiger partial charge in [-0.05, 0) is 18.6 Å². The van der Waals surface area contributed by atoms with Gasteiger partial charge >= 0.3 is 0 Å². The molecule has 0 N–H and O–H groups in total. The van der Waals surface area contributed by atoms with Gasteiger partial charge in [-0.1, -0.05) is 0 Å². The summed E-state index contributed by atoms with van der Waals surface area (Å²) in [6.45, 7) is 6.71. The molecule has 1 fully saturated rings. The lowest BCUT2D eigenvalue weighted by Gasteiger charge is -2.35. The molecule has 3 rings (SSSR count). The molecule has 1 aliphatic rings. The summed E-state index contributed by atoms with van der Waals surface area (Å²) in [7, 11) is 1.77. The molecule has 6 nitrogen and oxygen atoms in total. The van der Waals surface area contributed by atoms with Crippen molar-refractivity contribution in [3.05, 3.63) is 52.3 Å². The summed E-state index contributed by atoms with van der Waals surface area (Å²) in [6.07, 6.45) is 5.29. The van der Waals surface area contributed by atoms with E-state index >= 15 is 0 Å². The third-order valence-electron chi connectivity index (χ3n) is 4.11. The first-order chi connectivity index (χ1) is 10.6. The van der Waals surface area contributed by atoms with E-state index in [2.05, 4.69) is 19.8 Å². The zero-order valence-corrected chi connectivity index (χ0v) is 13.1. The SMILES string of the molecule is Cc1cncnc1N1CCN(Cc2ccn(C)c(=O)c2)CC1. The molecule has 0 bridgehead atoms. The molecular formula is C16H21N5O. The second kappa shape index (κ2) is 6.27. The first kappa shape index (κ1) is 14.7. The molecule has 22 heavy (non-hydrogen) atoms. The minimum Gasteiger partial charge on any atom is -0.354 e. The fourth-order valence-corrected chi connectivity index (χ4v) is 2.79. The topological polar surface area (TPSA) is 54.3 Å². The Morgan fingerprint density at radius 1 is 1.23 bits per heavy atom. The molecule has 6 heteroatoms. The van der Waals surface area contributed by atoms with Gasteiger partial charge < -0.3 is 9.47 Å². The van der Waals surface area contributed by atoms with Crippen LogP contribution in [0.15, 0.2) is 35.6 Å². The Labute approximate surface area is 130 Å². The van der Waals surface area contributed by atoms with Crippen molar-refractivity contribution >= 4 is 5.82 Å². The highest BCUT2D eigenvalue weighted by Gasteiger charge is 2.19. The molecule has 0 aromatic carbocycles. The maximum Gasteiger partial charge on any atom is 0.250 e. The summed E-state index contributed by atoms with van der Waals surface area (Å²) in [5.74, 6) is 1.03. The van der Waals surface area contributed by atoms with Crippen LogP contribution < -0.4 is 10.5 Å². The Hall–Kier alpha value is -2.21. The number of nitrogens with zero attached hydrogens (tertiary/aromatic N) is 5. The number of hydrogen-bond donors (Lipinski definition) is 0. The molecule has 0 aliphatic carbocycles. The molecule has 0 radical (unpaired) electrons. The predicted octanol–water partition coefficient (Wildman–Crippen LogP) is 0.806. The minimum absolute atomic E-state index is 0.0488. The Kier molecular flexibility index (Phi) is 4.20. The second-order valence-corrected chi connectivity index (χ2v) is 5.78. The van der Waals surface area contributed by atoms with Crippen molar-refractivity contribution in [3.8, 4) is 0 Å². The average Bonchev–Trinajstić information content (AvgIpc) is 2.52. The van der Waals surface area contributed by atoms with Crippen LogP contribution in [0.1, 0.15) is 11.1 Å². The number of hydrogen-bond acceptors (Lipinski definition) is 5. The number of rotatable bonds is 3. The van der Waals surface area contributed by atoms with E-state index in [1.54, 1.807) is 24.0 Å². The Bertz CT molecular complexity index is 704. The fourth-order valence-electron chi connectivity index (χ4n) is 2.79. The summed E-state index contributed by atoms with van der Waals surface area (Å²) in [5, 5.41) is 0. The summed E-state index contributed by atoms with van der Waals surface area (Å²) in [5.41, 5.74) is 2.24. The molecule has 0 atom stereocenters. The van der Waals surface area contributed by atoms with Gasteiger partial charge in [-0.3, -0.25) is 9.69 Å². The highest BCUT2D eigenvalue weighted by atomic mass is 16.1. The highest BCUT2D eigenvalue weighted by Crippen LogP contribution is 2.17. The van der Waals surface area contributed by atoms with Crippen LogP contribution in [0.2, 0.25) is 0 Å². The Morgan fingerprint density at radius 3 is 2.68 bits per heavy atom. The standard InChI is InChI=1S/C16H21N5O/c1-13-10-17-12-18-16(13)21-7-5-20(6-8-21)11-14-3-4-19(2)15(22)9-14/h3-4,9-10,12H,5-8,11H2,1-2H3. The predicted molar refractivity (Wildman–Crippen MR) is 85.9 cm³/mol. The molecule has 1 saturated heterocycles. The van der Waals surface area contributed by atoms with Gasteiger partial charge in [-0.2, -0.15) is 0 Å². The van der Waals surface area contributed by atoms with E-state index in [4.69, 9.17) is 0 Å². The normalized spacial score (nSPS) is 16.0. The molecular weight excluding hydrogens is 278 g/mol. The van der Waals surface area contributed by atoms with Crippen LogP contribution in [0.25, 0.3) is 0 Å². The maximum atomic E-state index is 11.7. The Balaban J connectivity index is 1.61. The lowest BCUT2D eigenvalue weighted by Crippen LogP contribution is -2.46. The molecule has 1 aliphatic heterocycles. The fraction of sp³-hybridized carbons (Fsp3) is 0.438. The first-order valence-corrected chi connectivity index (χ1v) is 7.53. The quantitative estimate of drug-likeness (QED) is 0.839. The molecule has 2 aromatic rings. The minimum atomic E-state index is 0.0488. The number of aromatic nitrogens is 3. The van der Waals surface area contributed by atoms with Gasteiger partial charge in [-0.15, -0.1) is 0 Å². The van der Waals surface area contributed by atoms with Crippen LogP contribution in [0.4, 0.5) is 5.82 Å². The van der Waals surface area contributed by atoms with Crippen molar-refractivity contribution in [1.29, 1.82) is 0 Å². The molecule has 0 saturated carbocycles. The van der Waals surface area contributed by atoms with E-state index < -0.39 is 0 Å². The van der Waals surface area contributed by atoms with Crippen LogP contribution in [0, 0.1) is 6.92 Å². The molecule has 3 heterocycles. The molecule has 0 amide bonds. The average molecular weight is 299 g/mol. The number of aryl methyl sites for hydroxylation is 2. The highest BCUT2D eigenvalue weighted by molar-refractivity contribution is 5.44. The summed E-state index contributed by atoms with van der Waals surface area (Å²) in [6, 6.07) is 3.74. The maximum absolute atomic E-state index is 11.7. The van der Waals surface area contributed by atoms with Crippen LogP contribution >= 0.6 is 0 Å². The van der Waals surface area contributed by atoms with Gasteiger partial charge in [0, 0.05) is 63.8 Å². The summed E-state index contributed by atoms with van der Waals surface area (Å²) < 4.78 is 1.60. The van der Waals surface area contributed by atoms with Crippen molar-refractivity contribution in [1.82, 2.24) is 19.4 Å². The number of pyridine rings is 1. The molecule has 0 unspecified atom stereocenters. The monoisotopic (exact) mass is 299 g/mol. The number of anilines is 1. The zero-order valence-electron chi connectivity index (χ0n) is 13.1. The lowest BCUT2D eigenvalue weighted by molar-refractivity contribution is 0.249. The lowest BCUT2D eigenvalue weighted by atomic mass is 10.2. The van der Waals surface area contributed by atoms with Crippen molar-refractivity contribution in [2.24, 2.45) is 7.05 Å². The van der Waals surface area contributed by atoms with Crippen LogP contribution in [-0.4, -0.2) is 45.6 Å². The van der Waals surface area contributed by atoms with Crippen molar-refractivity contribution < 1.29 is 0 Å². The first-order valence-electron chi connectivity index (χ1n) is 7.53. The van der Waals surface area contributed by atoms with Gasteiger partial charge in [0.1, 0.15) is 12.1 Å². The van der Waals surface area contributed by atoms with Crippen LogP contribution in [0.5, 0.6) is 0 Å². The van der Waals surface area contributed by atoms with Crippen molar-refractivity contribution in [2.45, 2.75) is 13.5 Å². The summed E-state index contributed by atoms with van der Waals surface area (Å²) in [4.78, 5) is 24.8. The van der Waals surface area contributed by atoms with Crippen LogP contribution in [0.3, 0.4) is 0 Å². The van der Waals surface area contributed by atoms with Crippen LogP contribution in [-0.2, 0) is 13.6 Å². The van der Waals surface area contributed by atoms with Crippen molar-refractivity contribution in [2.75, 3.05) is 31.1 Å². The third kappa shape index (κ3) is 3.17. The van der Waals surface area contributed by atoms with E-state index in [9.17, 15) is 4.79 Å². The molecule has 2 aromatic heterocycles. The van der Waals surface area contributed by atoms with Gasteiger partial charge in [0.05, 0.1) is 0 Å². The van der Waals surface area contributed by atoms with Gasteiger partial charge in [0.2, 0.25) is 0 Å². The van der Waals surface area contributed by atoms with E-state index in [1.807, 2.05) is 25.4 Å². The third-order valence-corrected chi connectivity index (χ3v) is 4.11. The smallest absolute Gasteiger partial charge is 0.250 e. The van der Waals surface area contributed by atoms with E-state index in [-0.39, 0.29) is 5.56 Å². The second-order valence-electron chi connectivity index (χ2n) is 5.78. The molecule has 116 valence electrons. The Morgan fingerprint density at radius 2 is 2.00 bits per heavy atom. The van der Waals surface area contributed by atoms with Gasteiger partial charge in [-0.25, -0.2) is 9.97 Å². The summed E-state index contributed by atoms with van der Waals surface area (Å²) >= 11 is 0. The van der Waals surface area contributed by atoms with Crippen molar-refractivity contribution in [3.63, 3.8) is 0 Å². The van der Waals surface area contributed by atoms with Gasteiger partial charge in [0.25, 0.3) is 5.56 Å². The molecule has 0 spiro atoms. The van der Waals surface area contributed by atoms with Gasteiger partial charge in [0.15, 0.2) is 0 Å². The van der Waals surface area contributed by atoms with E-state index in [1.165, 1.54) is 0 Å². The number of piperazine rings is 1.